The maximum Gasteiger partial charge on any atom is 0.261 e. The van der Waals surface area contributed by atoms with Crippen molar-refractivity contribution in [3.8, 4) is 0 Å². The molecule has 1 unspecified atom stereocenters. The second-order valence-corrected chi connectivity index (χ2v) is 9.05. The van der Waals surface area contributed by atoms with E-state index >= 15 is 0 Å². The number of sulfonamides is 1. The molecule has 0 saturated heterocycles. The fraction of sp³-hybridized carbons (Fsp3) is 0.0625. The highest BCUT2D eigenvalue weighted by Gasteiger charge is 2.18. The zero-order valence-electron chi connectivity index (χ0n) is 11.9. The minimum Gasteiger partial charge on any atom is -0.280 e. The molecule has 1 N–H and O–H groups in total. The fourth-order valence-corrected chi connectivity index (χ4v) is 4.65. The summed E-state index contributed by atoms with van der Waals surface area (Å²) in [6.07, 6.45) is 1.74. The van der Waals surface area contributed by atoms with Gasteiger partial charge in [0, 0.05) is 14.4 Å². The summed E-state index contributed by atoms with van der Waals surface area (Å²) in [5.74, 6) is 3.68. The summed E-state index contributed by atoms with van der Waals surface area (Å²) < 4.78 is 39.5. The molecule has 1 aliphatic rings. The first kappa shape index (κ1) is 14.9. The quantitative estimate of drug-likeness (QED) is 0.879. The van der Waals surface area contributed by atoms with Crippen LogP contribution in [0, 0.1) is 6.92 Å². The van der Waals surface area contributed by atoms with Crippen molar-refractivity contribution in [2.24, 2.45) is 0 Å². The van der Waals surface area contributed by atoms with E-state index in [9.17, 15) is 12.6 Å². The molecule has 0 fully saturated rings. The van der Waals surface area contributed by atoms with Gasteiger partial charge in [-0.25, -0.2) is 8.42 Å². The number of nitrogens with one attached hydrogen (secondary N) is 1. The molecule has 0 aromatic heterocycles. The van der Waals surface area contributed by atoms with E-state index in [4.69, 9.17) is 0 Å². The topological polar surface area (TPSA) is 63.2 Å². The van der Waals surface area contributed by atoms with Crippen LogP contribution in [0.2, 0.25) is 0 Å². The number of benzene rings is 2. The van der Waals surface area contributed by atoms with E-state index in [0.29, 0.717) is 10.6 Å². The number of aryl methyl sites for hydroxylation is 1. The zero-order chi connectivity index (χ0) is 16.0. The predicted molar refractivity (Wildman–Crippen MR) is 91.0 cm³/mol. The van der Waals surface area contributed by atoms with Crippen LogP contribution in [0.1, 0.15) is 11.1 Å². The highest BCUT2D eigenvalue weighted by atomic mass is 32.2. The molecule has 2 aromatic carbocycles. The lowest BCUT2D eigenvalue weighted by molar-refractivity contribution is 0.601. The van der Waals surface area contributed by atoms with Crippen molar-refractivity contribution in [1.29, 1.82) is 0 Å². The molecule has 114 valence electrons. The van der Waals surface area contributed by atoms with E-state index in [1.807, 2.05) is 6.92 Å². The van der Waals surface area contributed by atoms with Gasteiger partial charge in [-0.2, -0.15) is 0 Å². The fourth-order valence-electron chi connectivity index (χ4n) is 2.22. The second-order valence-electron chi connectivity index (χ2n) is 5.20. The third-order valence-corrected chi connectivity index (χ3v) is 6.51. The van der Waals surface area contributed by atoms with Gasteiger partial charge in [0.25, 0.3) is 10.0 Å². The Hall–Kier alpha value is -2.05. The Morgan fingerprint density at radius 2 is 1.77 bits per heavy atom. The number of rotatable bonds is 3. The van der Waals surface area contributed by atoms with Gasteiger partial charge in [-0.05, 0) is 54.1 Å². The normalized spacial score (nSPS) is 19.9. The molecule has 1 atom stereocenters. The van der Waals surface area contributed by atoms with E-state index in [1.54, 1.807) is 53.9 Å². The third kappa shape index (κ3) is 2.67. The largest absolute Gasteiger partial charge is 0.280 e. The number of hydrogen-bond acceptors (Lipinski definition) is 3. The molecule has 0 bridgehead atoms. The second kappa shape index (κ2) is 5.00. The van der Waals surface area contributed by atoms with Gasteiger partial charge in [0.15, 0.2) is 0 Å². The zero-order valence-corrected chi connectivity index (χ0v) is 13.6. The number of anilines is 1. The van der Waals surface area contributed by atoms with Crippen LogP contribution < -0.4 is 4.72 Å². The number of fused-ring (bicyclic) bond motifs is 1. The molecule has 4 nitrogen and oxygen atoms in total. The van der Waals surface area contributed by atoms with Crippen molar-refractivity contribution in [1.82, 2.24) is 0 Å². The first-order chi connectivity index (χ1) is 10.3. The minimum atomic E-state index is -3.67. The molecule has 1 aliphatic heterocycles. The molecule has 3 rings (SSSR count). The molecule has 0 spiro atoms. The van der Waals surface area contributed by atoms with Crippen LogP contribution >= 0.6 is 0 Å². The van der Waals surface area contributed by atoms with E-state index in [1.165, 1.54) is 0 Å². The molecule has 0 aliphatic carbocycles. The van der Waals surface area contributed by atoms with Crippen LogP contribution in [0.25, 0.3) is 6.08 Å². The average molecular weight is 333 g/mol. The summed E-state index contributed by atoms with van der Waals surface area (Å²) in [7, 11) is -6.14. The summed E-state index contributed by atoms with van der Waals surface area (Å²) in [6.45, 7) is 1.89. The van der Waals surface area contributed by atoms with Crippen molar-refractivity contribution >= 4 is 37.2 Å². The highest BCUT2D eigenvalue weighted by molar-refractivity contribution is 8.03. The van der Waals surface area contributed by atoms with Crippen LogP contribution in [-0.2, 0) is 19.5 Å². The van der Waals surface area contributed by atoms with Gasteiger partial charge in [-0.3, -0.25) is 8.93 Å². The molecule has 0 radical (unpaired) electrons. The number of hydrogen-bond donors (Lipinski definition) is 1. The molecular formula is C16H15NO3S2. The van der Waals surface area contributed by atoms with Crippen molar-refractivity contribution in [2.45, 2.75) is 16.7 Å². The van der Waals surface area contributed by atoms with Gasteiger partial charge in [0.2, 0.25) is 0 Å². The maximum absolute atomic E-state index is 12.4. The molecule has 1 heterocycles. The molecule has 0 amide bonds. The summed E-state index contributed by atoms with van der Waals surface area (Å²) in [5.41, 5.74) is 2.16. The summed E-state index contributed by atoms with van der Waals surface area (Å²) in [4.78, 5) is 0.740. The van der Waals surface area contributed by atoms with Gasteiger partial charge in [-0.1, -0.05) is 23.8 Å². The molecule has 22 heavy (non-hydrogen) atoms. The van der Waals surface area contributed by atoms with Crippen LogP contribution in [-0.4, -0.2) is 18.5 Å². The Balaban J connectivity index is 1.96. The Labute approximate surface area is 130 Å². The van der Waals surface area contributed by atoms with E-state index in [-0.39, 0.29) is 4.90 Å². The van der Waals surface area contributed by atoms with Crippen molar-refractivity contribution in [3.05, 3.63) is 59.0 Å². The first-order valence-electron chi connectivity index (χ1n) is 6.57. The van der Waals surface area contributed by atoms with Crippen LogP contribution in [0.4, 0.5) is 5.69 Å². The summed E-state index contributed by atoms with van der Waals surface area (Å²) in [5, 5.41) is 1.55. The average Bonchev–Trinajstić information content (AvgIpc) is 2.75. The Kier molecular flexibility index (Phi) is 3.38. The smallest absolute Gasteiger partial charge is 0.261 e. The lowest BCUT2D eigenvalue weighted by Crippen LogP contribution is -2.13. The maximum atomic E-state index is 12.4. The first-order valence-corrected chi connectivity index (χ1v) is 9.84. The van der Waals surface area contributed by atoms with E-state index in [2.05, 4.69) is 10.6 Å². The van der Waals surface area contributed by atoms with Crippen molar-refractivity contribution < 1.29 is 12.6 Å². The lowest BCUT2D eigenvalue weighted by atomic mass is 10.2. The van der Waals surface area contributed by atoms with Gasteiger partial charge in [0.1, 0.15) is 0 Å². The molecule has 6 heteroatoms. The molecular weight excluding hydrogens is 318 g/mol. The van der Waals surface area contributed by atoms with Gasteiger partial charge >= 0.3 is 0 Å². The standard InChI is InChI=1S/C16H15NO3S2/c1-12-3-7-15(8-4-12)22(19,20)17-14-6-5-13-9-10-21(2,18)16(13)11-14/h3-11,17H,2H2,1H3. The van der Waals surface area contributed by atoms with Crippen LogP contribution in [0.5, 0.6) is 0 Å². The lowest BCUT2D eigenvalue weighted by Gasteiger charge is -2.10. The summed E-state index contributed by atoms with van der Waals surface area (Å²) >= 11 is 0. The molecule has 2 aromatic rings. The van der Waals surface area contributed by atoms with Crippen molar-refractivity contribution in [3.63, 3.8) is 0 Å². The highest BCUT2D eigenvalue weighted by Crippen LogP contribution is 2.30. The van der Waals surface area contributed by atoms with Gasteiger partial charge in [0.05, 0.1) is 10.6 Å². The SMILES string of the molecule is C=S1(=O)C=Cc2ccc(NS(=O)(=O)c3ccc(C)cc3)cc21. The van der Waals surface area contributed by atoms with E-state index in [0.717, 1.165) is 11.1 Å². The Morgan fingerprint density at radius 1 is 1.09 bits per heavy atom. The van der Waals surface area contributed by atoms with Crippen molar-refractivity contribution in [2.75, 3.05) is 4.72 Å². The predicted octanol–water partition coefficient (Wildman–Crippen LogP) is 2.86. The summed E-state index contributed by atoms with van der Waals surface area (Å²) in [6, 6.07) is 11.5. The van der Waals surface area contributed by atoms with E-state index < -0.39 is 19.5 Å². The van der Waals surface area contributed by atoms with Crippen LogP contribution in [0.15, 0.2) is 57.7 Å². The minimum absolute atomic E-state index is 0.187. The van der Waals surface area contributed by atoms with Gasteiger partial charge in [-0.15, -0.1) is 0 Å². The molecule has 0 saturated carbocycles. The monoisotopic (exact) mass is 333 g/mol. The van der Waals surface area contributed by atoms with Crippen LogP contribution in [0.3, 0.4) is 0 Å². The Morgan fingerprint density at radius 3 is 2.45 bits per heavy atom. The van der Waals surface area contributed by atoms with Gasteiger partial charge < -0.3 is 0 Å². The Bertz CT molecular complexity index is 971. The third-order valence-electron chi connectivity index (χ3n) is 3.44.